The van der Waals surface area contributed by atoms with Crippen molar-refractivity contribution in [3.05, 3.63) is 0 Å². The Labute approximate surface area is 294 Å². The Morgan fingerprint density at radius 1 is 0.333 bits per heavy atom. The van der Waals surface area contributed by atoms with E-state index in [4.69, 9.17) is 26.6 Å². The van der Waals surface area contributed by atoms with Crippen LogP contribution >= 0.6 is 31.4 Å². The monoisotopic (exact) mass is 730 g/mol. The van der Waals surface area contributed by atoms with Gasteiger partial charge in [0.05, 0.1) is 0 Å². The standard InChI is InChI=1S/C34H74O6S3Si2/c1-7-13-19-25-35-44(36-26-20-14-8-2,37-27-21-15-9-3)33-31-41-43-42-32-34-45(38-28-22-16-10-4,39-29-23-17-11-5)40-30-24-18-12-6/h7-34H2,1-6H3. The normalized spacial score (nSPS) is 12.4. The summed E-state index contributed by atoms with van der Waals surface area (Å²) >= 11 is 0. The first kappa shape index (κ1) is 46.2. The van der Waals surface area contributed by atoms with Gasteiger partial charge in [-0.1, -0.05) is 140 Å². The highest BCUT2D eigenvalue weighted by Gasteiger charge is 2.42. The molecule has 0 N–H and O–H groups in total. The van der Waals surface area contributed by atoms with Gasteiger partial charge in [0.25, 0.3) is 0 Å². The largest absolute Gasteiger partial charge is 0.501 e. The maximum atomic E-state index is 6.55. The second kappa shape index (κ2) is 35.1. The highest BCUT2D eigenvalue weighted by atomic mass is 33.5. The highest BCUT2D eigenvalue weighted by molar-refractivity contribution is 9.09. The van der Waals surface area contributed by atoms with Gasteiger partial charge in [-0.15, -0.1) is 0 Å². The highest BCUT2D eigenvalue weighted by Crippen LogP contribution is 2.38. The van der Waals surface area contributed by atoms with E-state index in [1.807, 2.05) is 31.4 Å². The molecule has 0 aromatic heterocycles. The summed E-state index contributed by atoms with van der Waals surface area (Å²) in [4.78, 5) is 0. The third-order valence-corrected chi connectivity index (χ3v) is 18.1. The van der Waals surface area contributed by atoms with Crippen LogP contribution in [0.4, 0.5) is 0 Å². The van der Waals surface area contributed by atoms with E-state index >= 15 is 0 Å². The van der Waals surface area contributed by atoms with Crippen molar-refractivity contribution in [2.45, 2.75) is 169 Å². The average Bonchev–Trinajstić information content (AvgIpc) is 3.05. The van der Waals surface area contributed by atoms with Crippen LogP contribution in [0.15, 0.2) is 0 Å². The topological polar surface area (TPSA) is 55.4 Å². The molecule has 6 nitrogen and oxygen atoms in total. The molecule has 11 heteroatoms. The molecule has 0 atom stereocenters. The minimum Gasteiger partial charge on any atom is -0.373 e. The van der Waals surface area contributed by atoms with E-state index < -0.39 is 17.6 Å². The second-order valence-electron chi connectivity index (χ2n) is 11.9. The summed E-state index contributed by atoms with van der Waals surface area (Å²) in [5.41, 5.74) is 0. The Bertz CT molecular complexity index is 488. The summed E-state index contributed by atoms with van der Waals surface area (Å²) in [6.07, 6.45) is 20.7. The molecule has 0 bridgehead atoms. The van der Waals surface area contributed by atoms with Gasteiger partial charge < -0.3 is 26.6 Å². The molecule has 0 saturated heterocycles. The average molecular weight is 731 g/mol. The lowest BCUT2D eigenvalue weighted by Crippen LogP contribution is -2.47. The van der Waals surface area contributed by atoms with E-state index in [1.165, 1.54) is 77.0 Å². The van der Waals surface area contributed by atoms with Crippen molar-refractivity contribution in [2.24, 2.45) is 0 Å². The molecule has 0 aromatic rings. The molecule has 0 rings (SSSR count). The first-order valence-electron chi connectivity index (χ1n) is 18.8. The van der Waals surface area contributed by atoms with Gasteiger partial charge >= 0.3 is 17.6 Å². The smallest absolute Gasteiger partial charge is 0.373 e. The molecular formula is C34H74O6S3Si2. The summed E-state index contributed by atoms with van der Waals surface area (Å²) < 4.78 is 39.3. The molecule has 0 aliphatic carbocycles. The summed E-state index contributed by atoms with van der Waals surface area (Å²) in [5, 5.41) is 0. The van der Waals surface area contributed by atoms with Crippen molar-refractivity contribution in [1.82, 2.24) is 0 Å². The third kappa shape index (κ3) is 27.7. The Morgan fingerprint density at radius 2 is 0.556 bits per heavy atom. The molecule has 0 aliphatic rings. The van der Waals surface area contributed by atoms with Crippen LogP contribution in [0, 0.1) is 0 Å². The van der Waals surface area contributed by atoms with Crippen LogP contribution in [-0.4, -0.2) is 68.8 Å². The minimum absolute atomic E-state index is 0.746. The molecule has 45 heavy (non-hydrogen) atoms. The van der Waals surface area contributed by atoms with Crippen LogP contribution in [0.1, 0.15) is 157 Å². The quantitative estimate of drug-likeness (QED) is 0.0351. The number of rotatable bonds is 38. The van der Waals surface area contributed by atoms with Gasteiger partial charge in [0.2, 0.25) is 0 Å². The van der Waals surface area contributed by atoms with Crippen molar-refractivity contribution >= 4 is 49.0 Å². The van der Waals surface area contributed by atoms with Crippen LogP contribution in [0.3, 0.4) is 0 Å². The molecular weight excluding hydrogens is 657 g/mol. The van der Waals surface area contributed by atoms with Crippen LogP contribution in [-0.2, 0) is 26.6 Å². The second-order valence-corrected chi connectivity index (χ2v) is 21.8. The van der Waals surface area contributed by atoms with Gasteiger partial charge in [0.15, 0.2) is 0 Å². The van der Waals surface area contributed by atoms with Gasteiger partial charge in [-0.05, 0) is 48.4 Å². The van der Waals surface area contributed by atoms with Gasteiger partial charge in [0, 0.05) is 63.2 Å². The fourth-order valence-electron chi connectivity index (χ4n) is 4.60. The van der Waals surface area contributed by atoms with E-state index in [1.54, 1.807) is 0 Å². The summed E-state index contributed by atoms with van der Waals surface area (Å²) in [6, 6.07) is 1.74. The van der Waals surface area contributed by atoms with Gasteiger partial charge in [-0.3, -0.25) is 0 Å². The Morgan fingerprint density at radius 3 is 0.756 bits per heavy atom. The predicted molar refractivity (Wildman–Crippen MR) is 206 cm³/mol. The fourth-order valence-corrected chi connectivity index (χ4v) is 15.5. The van der Waals surface area contributed by atoms with Crippen LogP contribution in [0.2, 0.25) is 12.1 Å². The van der Waals surface area contributed by atoms with E-state index in [-0.39, 0.29) is 0 Å². The maximum absolute atomic E-state index is 6.55. The van der Waals surface area contributed by atoms with Crippen molar-refractivity contribution in [2.75, 3.05) is 51.1 Å². The molecule has 0 heterocycles. The van der Waals surface area contributed by atoms with Crippen molar-refractivity contribution in [1.29, 1.82) is 0 Å². The third-order valence-electron chi connectivity index (χ3n) is 7.50. The molecule has 0 aromatic carbocycles. The number of hydrogen-bond donors (Lipinski definition) is 0. The van der Waals surface area contributed by atoms with Crippen LogP contribution in [0.25, 0.3) is 0 Å². The van der Waals surface area contributed by atoms with Crippen molar-refractivity contribution in [3.8, 4) is 0 Å². The Kier molecular flexibility index (Phi) is 36.1. The molecule has 272 valence electrons. The number of unbranched alkanes of at least 4 members (excludes halogenated alkanes) is 12. The SMILES string of the molecule is CCCCCO[Si](CCSSSCC[Si](OCCCCC)(OCCCCC)OCCCCC)(OCCCCC)OCCCCC. The lowest BCUT2D eigenvalue weighted by molar-refractivity contribution is 0.0562. The summed E-state index contributed by atoms with van der Waals surface area (Å²) in [6.45, 7) is 17.9. The zero-order valence-corrected chi connectivity index (χ0v) is 34.9. The van der Waals surface area contributed by atoms with Gasteiger partial charge in [0.1, 0.15) is 0 Å². The molecule has 0 saturated carbocycles. The molecule has 0 radical (unpaired) electrons. The van der Waals surface area contributed by atoms with Crippen molar-refractivity contribution in [3.63, 3.8) is 0 Å². The maximum Gasteiger partial charge on any atom is 0.501 e. The first-order chi connectivity index (χ1) is 22.1. The molecule has 0 unspecified atom stereocenters. The molecule has 0 aliphatic heterocycles. The minimum atomic E-state index is -2.71. The lowest BCUT2D eigenvalue weighted by atomic mass is 10.3. The summed E-state index contributed by atoms with van der Waals surface area (Å²) in [7, 11) is 0.264. The fraction of sp³-hybridized carbons (Fsp3) is 1.00. The van der Waals surface area contributed by atoms with E-state index in [0.29, 0.717) is 0 Å². The summed E-state index contributed by atoms with van der Waals surface area (Å²) in [5.74, 6) is 1.94. The zero-order chi connectivity index (χ0) is 33.2. The van der Waals surface area contributed by atoms with E-state index in [2.05, 4.69) is 41.5 Å². The van der Waals surface area contributed by atoms with Crippen molar-refractivity contribution < 1.29 is 26.6 Å². The van der Waals surface area contributed by atoms with Gasteiger partial charge in [-0.2, -0.15) is 0 Å². The lowest BCUT2D eigenvalue weighted by Gasteiger charge is -2.30. The Hall–Kier alpha value is 1.24. The number of hydrogen-bond acceptors (Lipinski definition) is 9. The first-order valence-corrected chi connectivity index (χ1v) is 26.5. The molecule has 0 spiro atoms. The van der Waals surface area contributed by atoms with E-state index in [9.17, 15) is 0 Å². The molecule has 0 amide bonds. The Balaban J connectivity index is 5.12. The molecule has 0 fully saturated rings. The van der Waals surface area contributed by atoms with E-state index in [0.717, 1.165) is 102 Å². The zero-order valence-electron chi connectivity index (χ0n) is 30.5. The predicted octanol–water partition coefficient (Wildman–Crippen LogP) is 12.1. The van der Waals surface area contributed by atoms with Gasteiger partial charge in [-0.25, -0.2) is 0 Å². The van der Waals surface area contributed by atoms with Crippen LogP contribution < -0.4 is 0 Å². The van der Waals surface area contributed by atoms with Crippen LogP contribution in [0.5, 0.6) is 0 Å².